The molecule has 3 aliphatic carbocycles. The van der Waals surface area contributed by atoms with Crippen LogP contribution in [0, 0.1) is 29.6 Å². The lowest BCUT2D eigenvalue weighted by Crippen LogP contribution is -2.18. The van der Waals surface area contributed by atoms with Crippen molar-refractivity contribution in [3.8, 4) is 0 Å². The third-order valence-electron chi connectivity index (χ3n) is 4.67. The lowest BCUT2D eigenvalue weighted by atomic mass is 9.78. The minimum Gasteiger partial charge on any atom is -0.0854 e. The number of hydrogen-bond acceptors (Lipinski definition) is 0. The molecule has 2 bridgehead atoms. The lowest BCUT2D eigenvalue weighted by molar-refractivity contribution is 0.252. The highest BCUT2D eigenvalue weighted by atomic mass is 14.5. The van der Waals surface area contributed by atoms with E-state index in [1.807, 2.05) is 0 Å². The van der Waals surface area contributed by atoms with Gasteiger partial charge in [0.2, 0.25) is 0 Å². The van der Waals surface area contributed by atoms with Crippen LogP contribution in [0.25, 0.3) is 0 Å². The highest BCUT2D eigenvalue weighted by Crippen LogP contribution is 2.53. The van der Waals surface area contributed by atoms with Gasteiger partial charge < -0.3 is 0 Å². The average molecular weight is 176 g/mol. The number of rotatable bonds is 1. The van der Waals surface area contributed by atoms with Crippen LogP contribution in [0.4, 0.5) is 0 Å². The summed E-state index contributed by atoms with van der Waals surface area (Å²) in [7, 11) is 0. The topological polar surface area (TPSA) is 0 Å². The van der Waals surface area contributed by atoms with Crippen LogP contribution in [0.3, 0.4) is 0 Å². The molecule has 0 nitrogen and oxygen atoms in total. The third kappa shape index (κ3) is 1.26. The molecule has 13 heavy (non-hydrogen) atoms. The molecule has 0 aromatic heterocycles. The highest BCUT2D eigenvalue weighted by Gasteiger charge is 2.43. The van der Waals surface area contributed by atoms with Gasteiger partial charge in [-0.15, -0.1) is 0 Å². The number of fused-ring (bicyclic) bond motifs is 2. The monoisotopic (exact) mass is 176 g/mol. The first-order valence-corrected chi connectivity index (χ1v) is 6.01. The van der Waals surface area contributed by atoms with Crippen molar-refractivity contribution in [1.82, 2.24) is 0 Å². The molecular weight excluding hydrogens is 156 g/mol. The van der Waals surface area contributed by atoms with E-state index in [1.165, 1.54) is 6.42 Å². The van der Waals surface area contributed by atoms with Gasteiger partial charge in [-0.25, -0.2) is 0 Å². The fourth-order valence-corrected chi connectivity index (χ4v) is 4.05. The first-order chi connectivity index (χ1) is 6.33. The summed E-state index contributed by atoms with van der Waals surface area (Å²) < 4.78 is 0. The molecule has 0 radical (unpaired) electrons. The van der Waals surface area contributed by atoms with Crippen LogP contribution < -0.4 is 0 Å². The Balaban J connectivity index is 1.70. The van der Waals surface area contributed by atoms with Gasteiger partial charge in [0.15, 0.2) is 0 Å². The molecule has 2 fully saturated rings. The lowest BCUT2D eigenvalue weighted by Gasteiger charge is -2.26. The van der Waals surface area contributed by atoms with Crippen molar-refractivity contribution in [2.75, 3.05) is 0 Å². The molecule has 3 aliphatic rings. The molecule has 5 unspecified atom stereocenters. The highest BCUT2D eigenvalue weighted by molar-refractivity contribution is 5.06. The maximum atomic E-state index is 2.52. The molecule has 0 aliphatic heterocycles. The van der Waals surface area contributed by atoms with Gasteiger partial charge in [-0.1, -0.05) is 25.5 Å². The van der Waals surface area contributed by atoms with Gasteiger partial charge in [-0.3, -0.25) is 0 Å². The molecule has 5 atom stereocenters. The van der Waals surface area contributed by atoms with Crippen molar-refractivity contribution in [2.24, 2.45) is 29.6 Å². The quantitative estimate of drug-likeness (QED) is 0.535. The van der Waals surface area contributed by atoms with E-state index >= 15 is 0 Å². The Bertz CT molecular complexity index is 228. The molecule has 72 valence electrons. The van der Waals surface area contributed by atoms with Crippen molar-refractivity contribution in [3.63, 3.8) is 0 Å². The smallest absolute Gasteiger partial charge is 0.0197 e. The fraction of sp³-hybridized carbons (Fsp3) is 0.846. The Kier molecular flexibility index (Phi) is 1.78. The van der Waals surface area contributed by atoms with Gasteiger partial charge in [-0.05, 0) is 55.3 Å². The number of allylic oxidation sites excluding steroid dienone is 2. The minimum absolute atomic E-state index is 0.865. The first kappa shape index (κ1) is 8.08. The fourth-order valence-electron chi connectivity index (χ4n) is 4.05. The molecule has 0 N–H and O–H groups in total. The molecule has 2 saturated carbocycles. The van der Waals surface area contributed by atoms with Crippen molar-refractivity contribution in [2.45, 2.75) is 39.0 Å². The SMILES string of the molecule is CC1C=CC(C2CC3CCC2C3)C1. The standard InChI is InChI=1S/C13H20/c1-9-2-4-11(6-9)13-8-10-3-5-12(13)7-10/h2,4,9-13H,3,5-8H2,1H3. The van der Waals surface area contributed by atoms with Crippen LogP contribution >= 0.6 is 0 Å². The molecule has 0 saturated heterocycles. The molecule has 0 heteroatoms. The van der Waals surface area contributed by atoms with Gasteiger partial charge in [0, 0.05) is 0 Å². The van der Waals surface area contributed by atoms with E-state index in [4.69, 9.17) is 0 Å². The van der Waals surface area contributed by atoms with Crippen LogP contribution in [0.1, 0.15) is 39.0 Å². The summed E-state index contributed by atoms with van der Waals surface area (Å²) in [6.45, 7) is 2.36. The predicted molar refractivity (Wildman–Crippen MR) is 55.3 cm³/mol. The van der Waals surface area contributed by atoms with Crippen molar-refractivity contribution < 1.29 is 0 Å². The van der Waals surface area contributed by atoms with Crippen molar-refractivity contribution in [1.29, 1.82) is 0 Å². The van der Waals surface area contributed by atoms with E-state index in [1.54, 1.807) is 25.7 Å². The van der Waals surface area contributed by atoms with Crippen LogP contribution in [-0.4, -0.2) is 0 Å². The summed E-state index contributed by atoms with van der Waals surface area (Å²) in [6.07, 6.45) is 12.7. The van der Waals surface area contributed by atoms with Gasteiger partial charge in [0.1, 0.15) is 0 Å². The van der Waals surface area contributed by atoms with E-state index < -0.39 is 0 Å². The average Bonchev–Trinajstić information content (AvgIpc) is 2.77. The van der Waals surface area contributed by atoms with E-state index in [0.29, 0.717) is 0 Å². The van der Waals surface area contributed by atoms with E-state index in [-0.39, 0.29) is 0 Å². The van der Waals surface area contributed by atoms with Crippen molar-refractivity contribution in [3.05, 3.63) is 12.2 Å². The Morgan fingerprint density at radius 3 is 2.46 bits per heavy atom. The normalized spacial score (nSPS) is 53.5. The summed E-state index contributed by atoms with van der Waals surface area (Å²) in [4.78, 5) is 0. The maximum absolute atomic E-state index is 2.52. The molecular formula is C13H20. The second-order valence-electron chi connectivity index (χ2n) is 5.60. The molecule has 0 amide bonds. The van der Waals surface area contributed by atoms with Gasteiger partial charge in [0.25, 0.3) is 0 Å². The van der Waals surface area contributed by atoms with Crippen molar-refractivity contribution >= 4 is 0 Å². The Morgan fingerprint density at radius 2 is 1.92 bits per heavy atom. The van der Waals surface area contributed by atoms with Gasteiger partial charge in [0.05, 0.1) is 0 Å². The molecule has 0 spiro atoms. The Labute approximate surface area is 81.4 Å². The second kappa shape index (κ2) is 2.87. The summed E-state index contributed by atoms with van der Waals surface area (Å²) in [5.74, 6) is 5.15. The summed E-state index contributed by atoms with van der Waals surface area (Å²) in [5, 5.41) is 0. The van der Waals surface area contributed by atoms with E-state index in [2.05, 4.69) is 19.1 Å². The third-order valence-corrected chi connectivity index (χ3v) is 4.67. The van der Waals surface area contributed by atoms with Crippen LogP contribution in [0.2, 0.25) is 0 Å². The van der Waals surface area contributed by atoms with Crippen LogP contribution in [-0.2, 0) is 0 Å². The minimum atomic E-state index is 0.865. The molecule has 0 aromatic carbocycles. The van der Waals surface area contributed by atoms with Gasteiger partial charge >= 0.3 is 0 Å². The first-order valence-electron chi connectivity index (χ1n) is 6.01. The zero-order valence-corrected chi connectivity index (χ0v) is 8.58. The summed E-state index contributed by atoms with van der Waals surface area (Å²) in [6, 6.07) is 0. The molecule has 0 aromatic rings. The summed E-state index contributed by atoms with van der Waals surface area (Å²) in [5.41, 5.74) is 0. The van der Waals surface area contributed by atoms with Gasteiger partial charge in [-0.2, -0.15) is 0 Å². The zero-order valence-electron chi connectivity index (χ0n) is 8.58. The van der Waals surface area contributed by atoms with Crippen LogP contribution in [0.15, 0.2) is 12.2 Å². The molecule has 3 rings (SSSR count). The van der Waals surface area contributed by atoms with Crippen LogP contribution in [0.5, 0.6) is 0 Å². The largest absolute Gasteiger partial charge is 0.0854 e. The second-order valence-corrected chi connectivity index (χ2v) is 5.60. The Hall–Kier alpha value is -0.260. The van der Waals surface area contributed by atoms with E-state index in [0.717, 1.165) is 29.6 Å². The maximum Gasteiger partial charge on any atom is -0.0197 e. The summed E-state index contributed by atoms with van der Waals surface area (Å²) >= 11 is 0. The number of hydrogen-bond donors (Lipinski definition) is 0. The zero-order chi connectivity index (χ0) is 8.84. The molecule has 0 heterocycles. The van der Waals surface area contributed by atoms with E-state index in [9.17, 15) is 0 Å². The predicted octanol–water partition coefficient (Wildman–Crippen LogP) is 3.63. The Morgan fingerprint density at radius 1 is 1.00 bits per heavy atom.